The minimum Gasteiger partial charge on any atom is -0.465 e. The van der Waals surface area contributed by atoms with Gasteiger partial charge in [-0.05, 0) is 132 Å². The van der Waals surface area contributed by atoms with Crippen molar-refractivity contribution < 1.29 is 56.4 Å². The zero-order chi connectivity index (χ0) is 62.3. The quantitative estimate of drug-likeness (QED) is 0.0211. The van der Waals surface area contributed by atoms with Crippen LogP contribution in [0, 0.1) is 11.6 Å². The first-order valence-electron chi connectivity index (χ1n) is 32.0. The Morgan fingerprint density at radius 2 is 0.580 bits per heavy atom. The Kier molecular flexibility index (Phi) is 28.1. The van der Waals surface area contributed by atoms with Gasteiger partial charge in [0.15, 0.2) is 23.1 Å². The smallest absolute Gasteiger partial charge is 0.343 e. The molecule has 7 rings (SSSR count). The van der Waals surface area contributed by atoms with Crippen LogP contribution in [0.2, 0.25) is 0 Å². The molecule has 0 unspecified atom stereocenters. The van der Waals surface area contributed by atoms with E-state index in [4.69, 9.17) is 23.7 Å². The lowest BCUT2D eigenvalue weighted by Gasteiger charge is -2.11. The predicted molar refractivity (Wildman–Crippen MR) is 344 cm³/mol. The Morgan fingerprint density at radius 3 is 0.886 bits per heavy atom. The highest BCUT2D eigenvalue weighted by atomic mass is 19.1. The first-order chi connectivity index (χ1) is 42.9. The highest BCUT2D eigenvalue weighted by Gasteiger charge is 2.21. The van der Waals surface area contributed by atoms with E-state index in [9.17, 15) is 24.0 Å². The van der Waals surface area contributed by atoms with Gasteiger partial charge >= 0.3 is 29.8 Å². The SMILES string of the molecule is CCCCCCCCCCCCCCc1ccc(-c2ccc(C(=O)Oc3ccc(C(=O)Oc4cc(OC(=O)c5ccc(OC(=O)c6ccc(-c7ccc(CCCCCCCCCCCCCC)cc7)cc6)c(F)c5)cc(C(=O)OC)c4)cc3F)cc2)cc1. The lowest BCUT2D eigenvalue weighted by Crippen LogP contribution is -2.13. The Bertz CT molecular complexity index is 3110. The molecule has 7 aromatic rings. The molecule has 0 radical (unpaired) electrons. The normalized spacial score (nSPS) is 11.1. The van der Waals surface area contributed by atoms with E-state index in [1.807, 2.05) is 0 Å². The molecule has 7 aromatic carbocycles. The van der Waals surface area contributed by atoms with Crippen LogP contribution in [0.1, 0.15) is 231 Å². The van der Waals surface area contributed by atoms with Crippen LogP contribution in [0.4, 0.5) is 8.78 Å². The molecule has 0 fully saturated rings. The number of hydrogen-bond acceptors (Lipinski definition) is 10. The number of esters is 5. The summed E-state index contributed by atoms with van der Waals surface area (Å²) >= 11 is 0. The van der Waals surface area contributed by atoms with Gasteiger partial charge < -0.3 is 23.7 Å². The molecule has 464 valence electrons. The summed E-state index contributed by atoms with van der Waals surface area (Å²) in [6.07, 6.45) is 33.7. The molecule has 0 bridgehead atoms. The van der Waals surface area contributed by atoms with Crippen molar-refractivity contribution in [3.63, 3.8) is 0 Å². The highest BCUT2D eigenvalue weighted by Crippen LogP contribution is 2.30. The molecule has 0 amide bonds. The van der Waals surface area contributed by atoms with Crippen LogP contribution in [0.25, 0.3) is 22.3 Å². The van der Waals surface area contributed by atoms with E-state index < -0.39 is 53.0 Å². The number of benzene rings is 7. The van der Waals surface area contributed by atoms with Gasteiger partial charge in [0.25, 0.3) is 0 Å². The minimum atomic E-state index is -1.07. The van der Waals surface area contributed by atoms with Crippen LogP contribution in [-0.2, 0) is 17.6 Å². The van der Waals surface area contributed by atoms with Gasteiger partial charge in [-0.15, -0.1) is 0 Å². The Balaban J connectivity index is 0.847. The third-order valence-electron chi connectivity index (χ3n) is 15.9. The third-order valence-corrected chi connectivity index (χ3v) is 15.9. The molecular formula is C76H86F2O10. The number of unbranched alkanes of at least 4 members (excludes halogenated alkanes) is 22. The van der Waals surface area contributed by atoms with Crippen molar-refractivity contribution in [2.45, 2.75) is 181 Å². The van der Waals surface area contributed by atoms with Crippen molar-refractivity contribution in [2.24, 2.45) is 0 Å². The van der Waals surface area contributed by atoms with Crippen LogP contribution in [0.3, 0.4) is 0 Å². The first-order valence-corrected chi connectivity index (χ1v) is 32.0. The highest BCUT2D eigenvalue weighted by molar-refractivity contribution is 5.96. The van der Waals surface area contributed by atoms with Crippen molar-refractivity contribution in [3.8, 4) is 45.3 Å². The lowest BCUT2D eigenvalue weighted by molar-refractivity contribution is 0.0593. The summed E-state index contributed by atoms with van der Waals surface area (Å²) in [5.41, 5.74) is 6.00. The van der Waals surface area contributed by atoms with Crippen LogP contribution in [-0.4, -0.2) is 37.0 Å². The fraction of sp³-hybridized carbons (Fsp3) is 0.382. The van der Waals surface area contributed by atoms with Gasteiger partial charge in [0.05, 0.1) is 34.9 Å². The first kappa shape index (κ1) is 67.3. The second kappa shape index (κ2) is 36.8. The minimum absolute atomic E-state index is 0.185. The van der Waals surface area contributed by atoms with E-state index in [1.54, 1.807) is 48.5 Å². The molecule has 0 aromatic heterocycles. The van der Waals surface area contributed by atoms with Gasteiger partial charge in [-0.25, -0.2) is 32.8 Å². The van der Waals surface area contributed by atoms with Gasteiger partial charge in [0, 0.05) is 6.07 Å². The number of hydrogen-bond donors (Lipinski definition) is 0. The number of ether oxygens (including phenoxy) is 5. The van der Waals surface area contributed by atoms with Gasteiger partial charge in [-0.2, -0.15) is 0 Å². The third kappa shape index (κ3) is 22.2. The molecule has 0 aliphatic rings. The second-order valence-electron chi connectivity index (χ2n) is 22.9. The molecule has 10 nitrogen and oxygen atoms in total. The number of rotatable bonds is 37. The predicted octanol–water partition coefficient (Wildman–Crippen LogP) is 20.4. The summed E-state index contributed by atoms with van der Waals surface area (Å²) in [5.74, 6) is -8.14. The van der Waals surface area contributed by atoms with Crippen LogP contribution < -0.4 is 18.9 Å². The molecule has 0 aliphatic carbocycles. The molecule has 0 aliphatic heterocycles. The van der Waals surface area contributed by atoms with E-state index in [2.05, 4.69) is 62.4 Å². The summed E-state index contributed by atoms with van der Waals surface area (Å²) in [7, 11) is 1.12. The van der Waals surface area contributed by atoms with Crippen molar-refractivity contribution in [1.29, 1.82) is 0 Å². The van der Waals surface area contributed by atoms with E-state index in [0.717, 1.165) is 97.5 Å². The summed E-state index contributed by atoms with van der Waals surface area (Å²) in [4.78, 5) is 65.6. The monoisotopic (exact) mass is 1200 g/mol. The number of carbonyl (C=O) groups is 5. The van der Waals surface area contributed by atoms with Crippen LogP contribution in [0.5, 0.6) is 23.0 Å². The number of carbonyl (C=O) groups excluding carboxylic acids is 5. The molecule has 0 saturated heterocycles. The second-order valence-corrected chi connectivity index (χ2v) is 22.9. The van der Waals surface area contributed by atoms with E-state index in [0.29, 0.717) is 0 Å². The molecular weight excluding hydrogens is 1110 g/mol. The maximum atomic E-state index is 15.4. The Labute approximate surface area is 519 Å². The molecule has 0 saturated carbocycles. The fourth-order valence-electron chi connectivity index (χ4n) is 10.7. The van der Waals surface area contributed by atoms with Gasteiger partial charge in [0.1, 0.15) is 11.5 Å². The fourth-order valence-corrected chi connectivity index (χ4v) is 10.7. The van der Waals surface area contributed by atoms with Crippen molar-refractivity contribution >= 4 is 29.8 Å². The lowest BCUT2D eigenvalue weighted by atomic mass is 10.00. The zero-order valence-electron chi connectivity index (χ0n) is 51.7. The number of methoxy groups -OCH3 is 1. The molecule has 0 N–H and O–H groups in total. The molecule has 0 spiro atoms. The average Bonchev–Trinajstić information content (AvgIpc) is 3.73. The van der Waals surface area contributed by atoms with Crippen LogP contribution >= 0.6 is 0 Å². The Hall–Kier alpha value is -8.25. The summed E-state index contributed by atoms with van der Waals surface area (Å²) < 4.78 is 57.4. The summed E-state index contributed by atoms with van der Waals surface area (Å²) in [6, 6.07) is 40.1. The van der Waals surface area contributed by atoms with E-state index in [1.165, 1.54) is 165 Å². The van der Waals surface area contributed by atoms with Gasteiger partial charge in [0.2, 0.25) is 0 Å². The van der Waals surface area contributed by atoms with E-state index >= 15 is 8.78 Å². The number of halogens is 2. The standard InChI is InChI=1S/C76H86F2O10/c1-4-6-8-10-12-14-16-18-20-22-24-26-28-55-30-34-57(35-31-55)59-38-42-61(43-39-59)73(80)87-70-48-46-63(52-68(70)77)75(82)85-66-50-65(72(79)84-3)51-67(54-66)86-76(83)64-47-49-71(69(78)53-64)88-74(81)62-44-40-60(41-45-62)58-36-32-56(33-37-58)29-27-25-23-21-19-17-15-13-11-9-7-5-2/h30-54H,4-29H2,1-3H3. The van der Waals surface area contributed by atoms with E-state index in [-0.39, 0.29) is 39.3 Å². The van der Waals surface area contributed by atoms with Crippen molar-refractivity contribution in [1.82, 2.24) is 0 Å². The molecule has 0 atom stereocenters. The topological polar surface area (TPSA) is 132 Å². The van der Waals surface area contributed by atoms with Crippen LogP contribution in [0.15, 0.2) is 152 Å². The molecule has 0 heterocycles. The van der Waals surface area contributed by atoms with Crippen molar-refractivity contribution in [2.75, 3.05) is 7.11 Å². The Morgan fingerprint density at radius 1 is 0.295 bits per heavy atom. The maximum absolute atomic E-state index is 15.4. The van der Waals surface area contributed by atoms with Gasteiger partial charge in [-0.3, -0.25) is 0 Å². The molecule has 88 heavy (non-hydrogen) atoms. The number of aryl methyl sites for hydroxylation is 2. The summed E-state index contributed by atoms with van der Waals surface area (Å²) in [6.45, 7) is 4.51. The maximum Gasteiger partial charge on any atom is 0.343 e. The summed E-state index contributed by atoms with van der Waals surface area (Å²) in [5, 5.41) is 0. The average molecular weight is 1200 g/mol. The zero-order valence-corrected chi connectivity index (χ0v) is 51.7. The van der Waals surface area contributed by atoms with Crippen molar-refractivity contribution in [3.05, 3.63) is 202 Å². The van der Waals surface area contributed by atoms with Gasteiger partial charge in [-0.1, -0.05) is 228 Å². The largest absolute Gasteiger partial charge is 0.465 e. The molecule has 12 heteroatoms.